The summed E-state index contributed by atoms with van der Waals surface area (Å²) in [5.41, 5.74) is 2.18. The fourth-order valence-electron chi connectivity index (χ4n) is 2.81. The third kappa shape index (κ3) is 5.67. The molecule has 0 radical (unpaired) electrons. The number of amides is 2. The first kappa shape index (κ1) is 20.2. The molecule has 6 heteroatoms. The Morgan fingerprint density at radius 1 is 1.04 bits per heavy atom. The number of hydrogen-bond acceptors (Lipinski definition) is 3. The van der Waals surface area contributed by atoms with Crippen LogP contribution in [-0.4, -0.2) is 33.8 Å². The van der Waals surface area contributed by atoms with Crippen LogP contribution < -0.4 is 5.32 Å². The quantitative estimate of drug-likeness (QED) is 0.785. The number of benzene rings is 2. The summed E-state index contributed by atoms with van der Waals surface area (Å²) in [4.78, 5) is 36.9. The van der Waals surface area contributed by atoms with Crippen molar-refractivity contribution in [2.45, 2.75) is 39.8 Å². The van der Waals surface area contributed by atoms with E-state index in [9.17, 15) is 19.5 Å². The molecule has 0 atom stereocenters. The third-order valence-corrected chi connectivity index (χ3v) is 4.22. The van der Waals surface area contributed by atoms with E-state index in [0.717, 1.165) is 5.56 Å². The molecule has 2 aromatic carbocycles. The summed E-state index contributed by atoms with van der Waals surface area (Å²) in [6.45, 7) is 5.98. The van der Waals surface area contributed by atoms with Crippen LogP contribution in [0.15, 0.2) is 48.5 Å². The predicted molar refractivity (Wildman–Crippen MR) is 104 cm³/mol. The Balaban J connectivity index is 2.01. The van der Waals surface area contributed by atoms with E-state index >= 15 is 0 Å². The molecule has 0 spiro atoms. The van der Waals surface area contributed by atoms with Gasteiger partial charge < -0.3 is 15.3 Å². The summed E-state index contributed by atoms with van der Waals surface area (Å²) in [5, 5.41) is 12.0. The van der Waals surface area contributed by atoms with E-state index in [1.54, 1.807) is 42.2 Å². The Labute approximate surface area is 158 Å². The second-order valence-corrected chi connectivity index (χ2v) is 6.62. The molecule has 0 aliphatic heterocycles. The zero-order chi connectivity index (χ0) is 20.0. The van der Waals surface area contributed by atoms with E-state index in [4.69, 9.17) is 0 Å². The highest BCUT2D eigenvalue weighted by molar-refractivity contribution is 5.96. The summed E-state index contributed by atoms with van der Waals surface area (Å²) in [5.74, 6) is -1.33. The van der Waals surface area contributed by atoms with Gasteiger partial charge >= 0.3 is 5.97 Å². The highest BCUT2D eigenvalue weighted by Gasteiger charge is 2.14. The van der Waals surface area contributed by atoms with Crippen molar-refractivity contribution >= 4 is 23.5 Å². The molecule has 6 nitrogen and oxygen atoms in total. The summed E-state index contributed by atoms with van der Waals surface area (Å²) >= 11 is 0. The van der Waals surface area contributed by atoms with Gasteiger partial charge in [-0.3, -0.25) is 9.59 Å². The van der Waals surface area contributed by atoms with Crippen LogP contribution in [0.5, 0.6) is 0 Å². The maximum Gasteiger partial charge on any atom is 0.335 e. The SMILES string of the molecule is CC(=O)N(Cc1ccc(NC(=O)Cc2ccccc2C(=O)O)cc1)C(C)C. The average molecular weight is 368 g/mol. The Morgan fingerprint density at radius 2 is 1.67 bits per heavy atom. The largest absolute Gasteiger partial charge is 0.478 e. The summed E-state index contributed by atoms with van der Waals surface area (Å²) in [6.07, 6.45) is -0.0182. The lowest BCUT2D eigenvalue weighted by Crippen LogP contribution is -2.34. The van der Waals surface area contributed by atoms with E-state index in [-0.39, 0.29) is 29.8 Å². The lowest BCUT2D eigenvalue weighted by Gasteiger charge is -2.25. The smallest absolute Gasteiger partial charge is 0.335 e. The van der Waals surface area contributed by atoms with E-state index < -0.39 is 5.97 Å². The van der Waals surface area contributed by atoms with Crippen molar-refractivity contribution in [1.82, 2.24) is 4.90 Å². The molecule has 0 aromatic heterocycles. The van der Waals surface area contributed by atoms with Crippen molar-refractivity contribution in [2.75, 3.05) is 5.32 Å². The standard InChI is InChI=1S/C21H24N2O4/c1-14(2)23(15(3)24)13-16-8-10-18(11-9-16)22-20(25)12-17-6-4-5-7-19(17)21(26)27/h4-11,14H,12-13H2,1-3H3,(H,22,25)(H,26,27). The molecule has 2 amide bonds. The molecular formula is C21H24N2O4. The van der Waals surface area contributed by atoms with Crippen LogP contribution in [-0.2, 0) is 22.6 Å². The third-order valence-electron chi connectivity index (χ3n) is 4.22. The van der Waals surface area contributed by atoms with Gasteiger partial charge in [0.1, 0.15) is 0 Å². The van der Waals surface area contributed by atoms with Crippen molar-refractivity contribution in [3.8, 4) is 0 Å². The number of rotatable bonds is 7. The molecule has 0 saturated carbocycles. The fourth-order valence-corrected chi connectivity index (χ4v) is 2.81. The molecular weight excluding hydrogens is 344 g/mol. The second-order valence-electron chi connectivity index (χ2n) is 6.62. The number of nitrogens with one attached hydrogen (secondary N) is 1. The van der Waals surface area contributed by atoms with Crippen LogP contribution in [0.2, 0.25) is 0 Å². The molecule has 0 aliphatic carbocycles. The normalized spacial score (nSPS) is 10.5. The van der Waals surface area contributed by atoms with Gasteiger partial charge in [-0.1, -0.05) is 30.3 Å². The zero-order valence-electron chi connectivity index (χ0n) is 15.7. The summed E-state index contributed by atoms with van der Waals surface area (Å²) < 4.78 is 0. The van der Waals surface area contributed by atoms with Crippen LogP contribution in [0.25, 0.3) is 0 Å². The van der Waals surface area contributed by atoms with Crippen molar-refractivity contribution in [3.05, 3.63) is 65.2 Å². The van der Waals surface area contributed by atoms with E-state index in [1.807, 2.05) is 26.0 Å². The van der Waals surface area contributed by atoms with Gasteiger partial charge in [0.15, 0.2) is 0 Å². The first-order valence-corrected chi connectivity index (χ1v) is 8.75. The van der Waals surface area contributed by atoms with Crippen LogP contribution in [0, 0.1) is 0 Å². The molecule has 0 unspecified atom stereocenters. The molecule has 2 N–H and O–H groups in total. The van der Waals surface area contributed by atoms with Gasteiger partial charge in [-0.05, 0) is 43.2 Å². The van der Waals surface area contributed by atoms with Crippen molar-refractivity contribution in [3.63, 3.8) is 0 Å². The van der Waals surface area contributed by atoms with Gasteiger partial charge in [0.2, 0.25) is 11.8 Å². The van der Waals surface area contributed by atoms with E-state index in [0.29, 0.717) is 17.8 Å². The summed E-state index contributed by atoms with van der Waals surface area (Å²) in [6, 6.07) is 13.8. The van der Waals surface area contributed by atoms with Crippen molar-refractivity contribution in [2.24, 2.45) is 0 Å². The van der Waals surface area contributed by atoms with E-state index in [2.05, 4.69) is 5.32 Å². The minimum absolute atomic E-state index is 0.0134. The maximum atomic E-state index is 12.2. The lowest BCUT2D eigenvalue weighted by atomic mass is 10.0. The Bertz CT molecular complexity index is 828. The maximum absolute atomic E-state index is 12.2. The van der Waals surface area contributed by atoms with Crippen LogP contribution in [0.1, 0.15) is 42.3 Å². The van der Waals surface area contributed by atoms with Crippen LogP contribution in [0.3, 0.4) is 0 Å². The number of carboxylic acids is 1. The number of carboxylic acid groups (broad SMARTS) is 1. The predicted octanol–water partition coefficient (Wildman–Crippen LogP) is 3.32. The second kappa shape index (κ2) is 8.98. The molecule has 0 fully saturated rings. The fraction of sp³-hybridized carbons (Fsp3) is 0.286. The number of anilines is 1. The Morgan fingerprint density at radius 3 is 2.22 bits per heavy atom. The number of nitrogens with zero attached hydrogens (tertiary/aromatic N) is 1. The summed E-state index contributed by atoms with van der Waals surface area (Å²) in [7, 11) is 0. The molecule has 27 heavy (non-hydrogen) atoms. The van der Waals surface area contributed by atoms with Crippen molar-refractivity contribution < 1.29 is 19.5 Å². The number of hydrogen-bond donors (Lipinski definition) is 2. The Hall–Kier alpha value is -3.15. The Kier molecular flexibility index (Phi) is 6.71. The van der Waals surface area contributed by atoms with Crippen molar-refractivity contribution in [1.29, 1.82) is 0 Å². The highest BCUT2D eigenvalue weighted by atomic mass is 16.4. The molecule has 0 heterocycles. The number of carbonyl (C=O) groups is 3. The van der Waals surface area contributed by atoms with Gasteiger partial charge in [-0.15, -0.1) is 0 Å². The van der Waals surface area contributed by atoms with Crippen LogP contribution in [0.4, 0.5) is 5.69 Å². The number of carbonyl (C=O) groups excluding carboxylic acids is 2. The first-order chi connectivity index (χ1) is 12.8. The highest BCUT2D eigenvalue weighted by Crippen LogP contribution is 2.15. The average Bonchev–Trinajstić information content (AvgIpc) is 2.60. The number of aromatic carboxylic acids is 1. The lowest BCUT2D eigenvalue weighted by molar-refractivity contribution is -0.131. The first-order valence-electron chi connectivity index (χ1n) is 8.75. The molecule has 0 bridgehead atoms. The van der Waals surface area contributed by atoms with Gasteiger partial charge in [0, 0.05) is 25.2 Å². The molecule has 2 aromatic rings. The molecule has 2 rings (SSSR count). The molecule has 142 valence electrons. The minimum atomic E-state index is -1.05. The van der Waals surface area contributed by atoms with Gasteiger partial charge in [0.05, 0.1) is 12.0 Å². The zero-order valence-corrected chi connectivity index (χ0v) is 15.7. The minimum Gasteiger partial charge on any atom is -0.478 e. The molecule has 0 aliphatic rings. The topological polar surface area (TPSA) is 86.7 Å². The van der Waals surface area contributed by atoms with E-state index in [1.165, 1.54) is 6.07 Å². The molecule has 0 saturated heterocycles. The van der Waals surface area contributed by atoms with Crippen LogP contribution >= 0.6 is 0 Å². The van der Waals surface area contributed by atoms with Gasteiger partial charge in [-0.2, -0.15) is 0 Å². The monoisotopic (exact) mass is 368 g/mol. The van der Waals surface area contributed by atoms with Gasteiger partial charge in [-0.25, -0.2) is 4.79 Å². The van der Waals surface area contributed by atoms with Gasteiger partial charge in [0.25, 0.3) is 0 Å².